The Labute approximate surface area is 171 Å². The van der Waals surface area contributed by atoms with E-state index >= 15 is 0 Å². The third-order valence-corrected chi connectivity index (χ3v) is 5.43. The van der Waals surface area contributed by atoms with Crippen LogP contribution in [0.15, 0.2) is 24.3 Å². The molecule has 1 saturated heterocycles. The molecule has 3 N–H and O–H groups in total. The Morgan fingerprint density at radius 1 is 1.28 bits per heavy atom. The second-order valence-electron chi connectivity index (χ2n) is 7.62. The van der Waals surface area contributed by atoms with E-state index in [9.17, 15) is 9.59 Å². The summed E-state index contributed by atoms with van der Waals surface area (Å²) >= 11 is 0. The minimum absolute atomic E-state index is 0.103. The van der Waals surface area contributed by atoms with E-state index in [1.807, 2.05) is 37.6 Å². The average molecular weight is 399 g/mol. The summed E-state index contributed by atoms with van der Waals surface area (Å²) in [4.78, 5) is 24.9. The first kappa shape index (κ1) is 21.0. The van der Waals surface area contributed by atoms with Gasteiger partial charge in [0.2, 0.25) is 0 Å². The summed E-state index contributed by atoms with van der Waals surface area (Å²) in [5, 5.41) is 17.5. The van der Waals surface area contributed by atoms with Crippen LogP contribution in [0.4, 0.5) is 0 Å². The fraction of sp³-hybridized carbons (Fsp3) is 0.524. The highest BCUT2D eigenvalue weighted by molar-refractivity contribution is 5.95. The molecule has 0 radical (unpaired) electrons. The van der Waals surface area contributed by atoms with Crippen LogP contribution in [-0.4, -0.2) is 45.9 Å². The van der Waals surface area contributed by atoms with Crippen molar-refractivity contribution in [3.63, 3.8) is 0 Å². The molecule has 2 heterocycles. The lowest BCUT2D eigenvalue weighted by molar-refractivity contribution is 0.0935. The van der Waals surface area contributed by atoms with E-state index in [2.05, 4.69) is 26.3 Å². The minimum atomic E-state index is -0.253. The molecule has 1 unspecified atom stereocenters. The molecule has 1 aromatic heterocycles. The molecule has 1 aromatic carbocycles. The summed E-state index contributed by atoms with van der Waals surface area (Å²) in [5.74, 6) is -0.356. The second-order valence-corrected chi connectivity index (χ2v) is 7.62. The van der Waals surface area contributed by atoms with Crippen molar-refractivity contribution >= 4 is 11.8 Å². The largest absolute Gasteiger partial charge is 0.350 e. The Hall–Kier alpha value is -2.74. The molecular formula is C21H30N6O2. The van der Waals surface area contributed by atoms with Gasteiger partial charge in [0, 0.05) is 18.2 Å². The molecule has 0 aliphatic carbocycles. The number of carbonyl (C=O) groups excluding carboxylic acids is 2. The van der Waals surface area contributed by atoms with E-state index in [0.29, 0.717) is 17.8 Å². The maximum Gasteiger partial charge on any atom is 0.274 e. The molecule has 0 saturated carbocycles. The van der Waals surface area contributed by atoms with Crippen molar-refractivity contribution in [1.29, 1.82) is 0 Å². The van der Waals surface area contributed by atoms with Gasteiger partial charge in [-0.15, -0.1) is 5.10 Å². The van der Waals surface area contributed by atoms with Gasteiger partial charge >= 0.3 is 0 Å². The molecule has 3 rings (SSSR count). The van der Waals surface area contributed by atoms with Gasteiger partial charge in [0.15, 0.2) is 5.69 Å². The first-order valence-corrected chi connectivity index (χ1v) is 10.3. The van der Waals surface area contributed by atoms with Crippen molar-refractivity contribution in [3.8, 4) is 0 Å². The Morgan fingerprint density at radius 3 is 2.76 bits per heavy atom. The van der Waals surface area contributed by atoms with Crippen LogP contribution in [0.25, 0.3) is 0 Å². The zero-order valence-corrected chi connectivity index (χ0v) is 17.4. The number of rotatable bonds is 7. The molecular weight excluding hydrogens is 368 g/mol. The van der Waals surface area contributed by atoms with Gasteiger partial charge in [0.05, 0.1) is 11.7 Å². The third-order valence-electron chi connectivity index (χ3n) is 5.43. The molecule has 0 bridgehead atoms. The summed E-state index contributed by atoms with van der Waals surface area (Å²) in [7, 11) is 0. The van der Waals surface area contributed by atoms with Crippen LogP contribution < -0.4 is 16.0 Å². The molecule has 2 aromatic rings. The summed E-state index contributed by atoms with van der Waals surface area (Å²) in [6, 6.07) is 7.70. The van der Waals surface area contributed by atoms with Gasteiger partial charge in [-0.3, -0.25) is 9.59 Å². The molecule has 156 valence electrons. The molecule has 29 heavy (non-hydrogen) atoms. The molecule has 0 spiro atoms. The summed E-state index contributed by atoms with van der Waals surface area (Å²) < 4.78 is 1.87. The highest BCUT2D eigenvalue weighted by Gasteiger charge is 2.22. The molecule has 1 aliphatic heterocycles. The SMILES string of the molecule is CCC(C)NC(=O)c1cccc(CNC(=O)c2nnn(C3CCNCC3)c2C)c1. The Balaban J connectivity index is 1.62. The number of amides is 2. The molecule has 8 heteroatoms. The van der Waals surface area contributed by atoms with Crippen LogP contribution >= 0.6 is 0 Å². The summed E-state index contributed by atoms with van der Waals surface area (Å²) in [6.07, 6.45) is 2.84. The third kappa shape index (κ3) is 5.20. The standard InChI is InChI=1S/C21H30N6O2/c1-4-14(2)24-20(28)17-7-5-6-16(12-17)13-23-21(29)19-15(3)27(26-25-19)18-8-10-22-11-9-18/h5-7,12,14,18,22H,4,8-11,13H2,1-3H3,(H,23,29)(H,24,28). The fourth-order valence-electron chi connectivity index (χ4n) is 3.45. The van der Waals surface area contributed by atoms with Gasteiger partial charge in [0.1, 0.15) is 0 Å². The number of hydrogen-bond acceptors (Lipinski definition) is 5. The Kier molecular flexibility index (Phi) is 6.98. The van der Waals surface area contributed by atoms with E-state index < -0.39 is 0 Å². The van der Waals surface area contributed by atoms with Crippen molar-refractivity contribution in [2.24, 2.45) is 0 Å². The number of hydrogen-bond donors (Lipinski definition) is 3. The number of aromatic nitrogens is 3. The van der Waals surface area contributed by atoms with Crippen molar-refractivity contribution in [3.05, 3.63) is 46.8 Å². The Morgan fingerprint density at radius 2 is 2.03 bits per heavy atom. The predicted octanol–water partition coefficient (Wildman–Crippen LogP) is 1.97. The maximum atomic E-state index is 12.6. The van der Waals surface area contributed by atoms with E-state index in [1.54, 1.807) is 12.1 Å². The normalized spacial score (nSPS) is 15.7. The van der Waals surface area contributed by atoms with Crippen molar-refractivity contribution in [2.75, 3.05) is 13.1 Å². The number of benzene rings is 1. The lowest BCUT2D eigenvalue weighted by Crippen LogP contribution is -2.32. The van der Waals surface area contributed by atoms with Crippen LogP contribution in [0, 0.1) is 6.92 Å². The van der Waals surface area contributed by atoms with Crippen molar-refractivity contribution in [2.45, 2.75) is 58.7 Å². The lowest BCUT2D eigenvalue weighted by atomic mass is 10.1. The van der Waals surface area contributed by atoms with Gasteiger partial charge in [-0.05, 0) is 63.9 Å². The first-order valence-electron chi connectivity index (χ1n) is 10.3. The highest BCUT2D eigenvalue weighted by atomic mass is 16.2. The molecule has 8 nitrogen and oxygen atoms in total. The monoisotopic (exact) mass is 398 g/mol. The maximum absolute atomic E-state index is 12.6. The topological polar surface area (TPSA) is 101 Å². The number of carbonyl (C=O) groups is 2. The highest BCUT2D eigenvalue weighted by Crippen LogP contribution is 2.20. The van der Waals surface area contributed by atoms with Gasteiger partial charge in [0.25, 0.3) is 11.8 Å². The van der Waals surface area contributed by atoms with Gasteiger partial charge in [-0.1, -0.05) is 24.3 Å². The van der Waals surface area contributed by atoms with Crippen LogP contribution in [0.3, 0.4) is 0 Å². The quantitative estimate of drug-likeness (QED) is 0.662. The zero-order valence-electron chi connectivity index (χ0n) is 17.4. The van der Waals surface area contributed by atoms with E-state index in [-0.39, 0.29) is 23.9 Å². The first-order chi connectivity index (χ1) is 14.0. The van der Waals surface area contributed by atoms with E-state index in [1.165, 1.54) is 0 Å². The smallest absolute Gasteiger partial charge is 0.274 e. The molecule has 1 fully saturated rings. The van der Waals surface area contributed by atoms with Crippen LogP contribution in [0.5, 0.6) is 0 Å². The Bertz CT molecular complexity index is 857. The number of piperidine rings is 1. The van der Waals surface area contributed by atoms with Crippen LogP contribution in [0.2, 0.25) is 0 Å². The van der Waals surface area contributed by atoms with Crippen LogP contribution in [0.1, 0.15) is 71.3 Å². The number of nitrogens with one attached hydrogen (secondary N) is 3. The molecule has 1 atom stereocenters. The van der Waals surface area contributed by atoms with E-state index in [4.69, 9.17) is 0 Å². The van der Waals surface area contributed by atoms with Gasteiger partial charge in [-0.2, -0.15) is 0 Å². The van der Waals surface area contributed by atoms with Crippen molar-refractivity contribution < 1.29 is 9.59 Å². The van der Waals surface area contributed by atoms with Gasteiger partial charge < -0.3 is 16.0 Å². The molecule has 1 aliphatic rings. The zero-order chi connectivity index (χ0) is 20.8. The summed E-state index contributed by atoms with van der Waals surface area (Å²) in [5.41, 5.74) is 2.59. The van der Waals surface area contributed by atoms with Crippen LogP contribution in [-0.2, 0) is 6.54 Å². The predicted molar refractivity (Wildman–Crippen MR) is 111 cm³/mol. The van der Waals surface area contributed by atoms with Crippen molar-refractivity contribution in [1.82, 2.24) is 30.9 Å². The summed E-state index contributed by atoms with van der Waals surface area (Å²) in [6.45, 7) is 8.11. The van der Waals surface area contributed by atoms with Gasteiger partial charge in [-0.25, -0.2) is 4.68 Å². The molecule has 2 amide bonds. The second kappa shape index (κ2) is 9.65. The average Bonchev–Trinajstić information content (AvgIpc) is 3.14. The number of nitrogens with zero attached hydrogens (tertiary/aromatic N) is 3. The van der Waals surface area contributed by atoms with E-state index in [0.717, 1.165) is 43.6 Å². The minimum Gasteiger partial charge on any atom is -0.350 e. The lowest BCUT2D eigenvalue weighted by Gasteiger charge is -2.23. The fourth-order valence-corrected chi connectivity index (χ4v) is 3.45.